The fourth-order valence-electron chi connectivity index (χ4n) is 4.28. The molecule has 0 unspecified atom stereocenters. The molecule has 2 heterocycles. The third kappa shape index (κ3) is 4.83. The second-order valence-corrected chi connectivity index (χ2v) is 12.8. The van der Waals surface area contributed by atoms with Gasteiger partial charge in [0.1, 0.15) is 17.2 Å². The molecule has 10 nitrogen and oxygen atoms in total. The van der Waals surface area contributed by atoms with Gasteiger partial charge in [0, 0.05) is 45.6 Å². The van der Waals surface area contributed by atoms with Crippen molar-refractivity contribution in [3.8, 4) is 0 Å². The minimum Gasteiger partial charge on any atom is -0.456 e. The maximum Gasteiger partial charge on any atom is 0.319 e. The first-order chi connectivity index (χ1) is 16.4. The molecule has 1 aromatic heterocycles. The summed E-state index contributed by atoms with van der Waals surface area (Å²) in [5, 5.41) is 16.0. The van der Waals surface area contributed by atoms with E-state index in [0.717, 1.165) is 4.31 Å². The number of thioether (sulfide) groups is 1. The molecule has 0 bridgehead atoms. The number of rotatable bonds is 5. The van der Waals surface area contributed by atoms with E-state index in [1.54, 1.807) is 43.6 Å². The molecule has 3 aromatic rings. The third-order valence-corrected chi connectivity index (χ3v) is 9.03. The topological polar surface area (TPSA) is 141 Å². The van der Waals surface area contributed by atoms with Crippen LogP contribution in [0, 0.1) is 0 Å². The number of urea groups is 1. The maximum atomic E-state index is 13.6. The molecular weight excluding hydrogens is 492 g/mol. The van der Waals surface area contributed by atoms with Crippen LogP contribution in [0.25, 0.3) is 21.9 Å². The number of fused-ring (bicyclic) bond motifs is 3. The van der Waals surface area contributed by atoms with Crippen LogP contribution in [0.3, 0.4) is 0 Å². The fourth-order valence-corrected chi connectivity index (χ4v) is 7.41. The number of anilines is 1. The van der Waals surface area contributed by atoms with Gasteiger partial charge in [-0.1, -0.05) is 0 Å². The zero-order chi connectivity index (χ0) is 25.5. The molecule has 35 heavy (non-hydrogen) atoms. The van der Waals surface area contributed by atoms with E-state index in [1.807, 2.05) is 13.8 Å². The average Bonchev–Trinajstić information content (AvgIpc) is 3.14. The molecule has 1 atom stereocenters. The van der Waals surface area contributed by atoms with Gasteiger partial charge in [-0.25, -0.2) is 18.7 Å². The summed E-state index contributed by atoms with van der Waals surface area (Å²) in [6.45, 7) is 7.40. The Morgan fingerprint density at radius 3 is 2.57 bits per heavy atom. The Morgan fingerprint density at radius 1 is 1.14 bits per heavy atom. The van der Waals surface area contributed by atoms with Crippen LogP contribution in [-0.2, 0) is 14.8 Å². The lowest BCUT2D eigenvalue weighted by molar-refractivity contribution is -0.134. The zero-order valence-electron chi connectivity index (χ0n) is 19.8. The summed E-state index contributed by atoms with van der Waals surface area (Å²) < 4.78 is 33.6. The van der Waals surface area contributed by atoms with Crippen molar-refractivity contribution in [1.82, 2.24) is 15.1 Å². The lowest BCUT2D eigenvalue weighted by Crippen LogP contribution is -2.61. The Kier molecular flexibility index (Phi) is 6.75. The number of sulfonamides is 1. The van der Waals surface area contributed by atoms with Crippen LogP contribution in [-0.4, -0.2) is 59.0 Å². The zero-order valence-corrected chi connectivity index (χ0v) is 21.4. The Hall–Kier alpha value is -2.80. The van der Waals surface area contributed by atoms with Gasteiger partial charge in [0.2, 0.25) is 10.0 Å². The van der Waals surface area contributed by atoms with E-state index in [0.29, 0.717) is 33.4 Å². The summed E-state index contributed by atoms with van der Waals surface area (Å²) in [6, 6.07) is 8.25. The van der Waals surface area contributed by atoms with Gasteiger partial charge in [-0.15, -0.1) is 0 Å². The van der Waals surface area contributed by atoms with Gasteiger partial charge in [0.25, 0.3) is 5.91 Å². The summed E-state index contributed by atoms with van der Waals surface area (Å²) >= 11 is 1.47. The number of hydrogen-bond acceptors (Lipinski definition) is 7. The van der Waals surface area contributed by atoms with Crippen LogP contribution in [0.2, 0.25) is 0 Å². The van der Waals surface area contributed by atoms with Crippen LogP contribution in [0.1, 0.15) is 27.7 Å². The van der Waals surface area contributed by atoms with Crippen molar-refractivity contribution in [2.24, 2.45) is 0 Å². The molecule has 4 rings (SSSR count). The number of benzene rings is 2. The van der Waals surface area contributed by atoms with E-state index in [4.69, 9.17) is 4.42 Å². The minimum absolute atomic E-state index is 0.0163. The third-order valence-electron chi connectivity index (χ3n) is 5.82. The molecule has 1 saturated heterocycles. The average molecular weight is 521 g/mol. The number of amides is 3. The number of nitrogens with zero attached hydrogens (tertiary/aromatic N) is 1. The number of nitrogens with one attached hydrogen (secondary N) is 3. The van der Waals surface area contributed by atoms with E-state index in [-0.39, 0.29) is 23.5 Å². The van der Waals surface area contributed by atoms with Crippen molar-refractivity contribution in [1.29, 1.82) is 0 Å². The first kappa shape index (κ1) is 25.3. The SMILES string of the molecule is CC(C)NC(=O)Nc1ccc2c(c1)oc1ccc(S(=O)(=O)N3CCSC(C)(C)[C@@H]3C(=O)NO)cc12. The molecule has 2 aromatic carbocycles. The Labute approximate surface area is 207 Å². The lowest BCUT2D eigenvalue weighted by atomic mass is 10.0. The van der Waals surface area contributed by atoms with Gasteiger partial charge in [0.15, 0.2) is 0 Å². The van der Waals surface area contributed by atoms with Crippen LogP contribution in [0.15, 0.2) is 45.7 Å². The molecule has 0 spiro atoms. The van der Waals surface area contributed by atoms with Gasteiger partial charge >= 0.3 is 6.03 Å². The van der Waals surface area contributed by atoms with Gasteiger partial charge in [-0.3, -0.25) is 10.0 Å². The second-order valence-electron chi connectivity index (χ2n) is 9.17. The molecule has 12 heteroatoms. The lowest BCUT2D eigenvalue weighted by Gasteiger charge is -2.43. The summed E-state index contributed by atoms with van der Waals surface area (Å²) in [6.07, 6.45) is 0. The standard InChI is InChI=1S/C23H28N4O6S2/c1-13(2)24-22(29)25-14-5-7-16-17-12-15(6-8-18(17)33-19(16)11-14)35(31,32)27-9-10-34-23(3,4)20(27)21(28)26-30/h5-8,11-13,20,30H,9-10H2,1-4H3,(H,26,28)(H2,24,25,29)/t20-/m0/s1. The summed E-state index contributed by atoms with van der Waals surface area (Å²) in [4.78, 5) is 24.5. The highest BCUT2D eigenvalue weighted by molar-refractivity contribution is 8.01. The summed E-state index contributed by atoms with van der Waals surface area (Å²) in [5.41, 5.74) is 3.13. The predicted octanol–water partition coefficient (Wildman–Crippen LogP) is 3.51. The van der Waals surface area contributed by atoms with Crippen LogP contribution in [0.5, 0.6) is 0 Å². The molecule has 0 saturated carbocycles. The van der Waals surface area contributed by atoms with Gasteiger partial charge < -0.3 is 15.1 Å². The largest absolute Gasteiger partial charge is 0.456 e. The van der Waals surface area contributed by atoms with E-state index in [2.05, 4.69) is 10.6 Å². The quantitative estimate of drug-likeness (QED) is 0.298. The van der Waals surface area contributed by atoms with E-state index >= 15 is 0 Å². The molecule has 4 N–H and O–H groups in total. The molecule has 3 amide bonds. The molecule has 1 aliphatic rings. The highest BCUT2D eigenvalue weighted by Crippen LogP contribution is 2.39. The summed E-state index contributed by atoms with van der Waals surface area (Å²) in [7, 11) is -4.07. The Bertz CT molecular complexity index is 1400. The van der Waals surface area contributed by atoms with E-state index in [1.165, 1.54) is 23.9 Å². The van der Waals surface area contributed by atoms with Crippen LogP contribution in [0.4, 0.5) is 10.5 Å². The van der Waals surface area contributed by atoms with Gasteiger partial charge in [-0.2, -0.15) is 16.1 Å². The number of furan rings is 1. The van der Waals surface area contributed by atoms with Crippen LogP contribution >= 0.6 is 11.8 Å². The number of carbonyl (C=O) groups excluding carboxylic acids is 2. The Balaban J connectivity index is 1.72. The number of hydroxylamine groups is 1. The first-order valence-electron chi connectivity index (χ1n) is 11.1. The van der Waals surface area contributed by atoms with Crippen molar-refractivity contribution in [3.63, 3.8) is 0 Å². The predicted molar refractivity (Wildman–Crippen MR) is 135 cm³/mol. The van der Waals surface area contributed by atoms with Gasteiger partial charge in [-0.05, 0) is 58.0 Å². The van der Waals surface area contributed by atoms with Crippen molar-refractivity contribution < 1.29 is 27.6 Å². The Morgan fingerprint density at radius 2 is 1.89 bits per heavy atom. The maximum absolute atomic E-state index is 13.6. The molecular formula is C23H28N4O6S2. The van der Waals surface area contributed by atoms with Crippen molar-refractivity contribution in [3.05, 3.63) is 36.4 Å². The highest BCUT2D eigenvalue weighted by atomic mass is 32.2. The minimum atomic E-state index is -4.07. The summed E-state index contributed by atoms with van der Waals surface area (Å²) in [5.74, 6) is -0.263. The smallest absolute Gasteiger partial charge is 0.319 e. The van der Waals surface area contributed by atoms with Crippen molar-refractivity contribution in [2.45, 2.75) is 49.4 Å². The molecule has 0 radical (unpaired) electrons. The van der Waals surface area contributed by atoms with Crippen LogP contribution < -0.4 is 16.1 Å². The fraction of sp³-hybridized carbons (Fsp3) is 0.391. The van der Waals surface area contributed by atoms with E-state index < -0.39 is 26.7 Å². The molecule has 0 aliphatic carbocycles. The van der Waals surface area contributed by atoms with Crippen molar-refractivity contribution in [2.75, 3.05) is 17.6 Å². The van der Waals surface area contributed by atoms with E-state index in [9.17, 15) is 23.2 Å². The highest BCUT2D eigenvalue weighted by Gasteiger charge is 2.48. The monoisotopic (exact) mass is 520 g/mol. The number of hydrogen-bond donors (Lipinski definition) is 4. The second kappa shape index (κ2) is 9.34. The molecule has 188 valence electrons. The molecule has 1 aliphatic heterocycles. The normalized spacial score (nSPS) is 18.6. The van der Waals surface area contributed by atoms with Gasteiger partial charge in [0.05, 0.1) is 4.90 Å². The number of carbonyl (C=O) groups is 2. The van der Waals surface area contributed by atoms with Crippen molar-refractivity contribution >= 4 is 61.3 Å². The molecule has 1 fully saturated rings. The first-order valence-corrected chi connectivity index (χ1v) is 13.5.